The number of H-pyrrole nitrogens is 1. The first kappa shape index (κ1) is 7.79. The summed E-state index contributed by atoms with van der Waals surface area (Å²) in [7, 11) is 0. The van der Waals surface area contributed by atoms with Crippen LogP contribution in [0.3, 0.4) is 0 Å². The minimum Gasteiger partial charge on any atom is -0.367 e. The normalized spacial score (nSPS) is 25.2. The lowest BCUT2D eigenvalue weighted by Crippen LogP contribution is -2.36. The Morgan fingerprint density at radius 1 is 1.62 bits per heavy atom. The molecule has 1 amide bonds. The number of aromatic amines is 1. The molecule has 0 saturated heterocycles. The quantitative estimate of drug-likeness (QED) is 0.668. The Bertz CT molecular complexity index is 364. The van der Waals surface area contributed by atoms with E-state index in [-0.39, 0.29) is 0 Å². The monoisotopic (exact) mass is 175 g/mol. The van der Waals surface area contributed by atoms with Gasteiger partial charge in [0.15, 0.2) is 5.54 Å². The van der Waals surface area contributed by atoms with Gasteiger partial charge < -0.3 is 10.7 Å². The zero-order valence-electron chi connectivity index (χ0n) is 6.90. The van der Waals surface area contributed by atoms with Gasteiger partial charge in [-0.15, -0.1) is 0 Å². The Morgan fingerprint density at radius 2 is 2.46 bits per heavy atom. The van der Waals surface area contributed by atoms with Crippen LogP contribution in [0.25, 0.3) is 0 Å². The van der Waals surface area contributed by atoms with E-state index in [1.807, 2.05) is 0 Å². The maximum absolute atomic E-state index is 11.3. The molecule has 1 unspecified atom stereocenters. The van der Waals surface area contributed by atoms with Gasteiger partial charge >= 0.3 is 0 Å². The lowest BCUT2D eigenvalue weighted by Gasteiger charge is -2.18. The largest absolute Gasteiger partial charge is 0.367 e. The molecule has 1 aliphatic heterocycles. The Hall–Kier alpha value is -1.84. The van der Waals surface area contributed by atoms with Gasteiger partial charge in [-0.25, -0.2) is 0 Å². The second kappa shape index (κ2) is 2.58. The molecule has 2 rings (SSSR count). The number of nitrogens with one attached hydrogen (secondary N) is 1. The molecule has 4 heteroatoms. The molecule has 1 atom stereocenters. The van der Waals surface area contributed by atoms with Gasteiger partial charge in [0.25, 0.3) is 5.91 Å². The van der Waals surface area contributed by atoms with E-state index in [2.05, 4.69) is 9.98 Å². The smallest absolute Gasteiger partial charge is 0.254 e. The Morgan fingerprint density at radius 3 is 2.92 bits per heavy atom. The average Bonchev–Trinajstić information content (AvgIpc) is 2.75. The van der Waals surface area contributed by atoms with Gasteiger partial charge in [0.05, 0.1) is 0 Å². The second-order valence-electron chi connectivity index (χ2n) is 2.87. The van der Waals surface area contributed by atoms with Gasteiger partial charge in [-0.3, -0.25) is 9.79 Å². The van der Waals surface area contributed by atoms with Gasteiger partial charge in [-0.1, -0.05) is 0 Å². The van der Waals surface area contributed by atoms with Crippen molar-refractivity contribution in [2.24, 2.45) is 10.7 Å². The summed E-state index contributed by atoms with van der Waals surface area (Å²) >= 11 is 0. The zero-order valence-corrected chi connectivity index (χ0v) is 6.90. The molecular weight excluding hydrogens is 166 g/mol. The van der Waals surface area contributed by atoms with E-state index in [1.165, 1.54) is 0 Å². The molecule has 0 aromatic carbocycles. The van der Waals surface area contributed by atoms with Crippen molar-refractivity contribution in [3.8, 4) is 0 Å². The maximum atomic E-state index is 11.3. The molecule has 1 aromatic heterocycles. The van der Waals surface area contributed by atoms with Crippen LogP contribution in [-0.2, 0) is 10.3 Å². The number of nitrogens with zero attached hydrogens (tertiary/aromatic N) is 1. The van der Waals surface area contributed by atoms with Crippen LogP contribution in [0.15, 0.2) is 35.6 Å². The van der Waals surface area contributed by atoms with Crippen LogP contribution in [0.2, 0.25) is 0 Å². The highest BCUT2D eigenvalue weighted by molar-refractivity contribution is 5.94. The third-order valence-corrected chi connectivity index (χ3v) is 2.12. The summed E-state index contributed by atoms with van der Waals surface area (Å²) in [6.07, 6.45) is 8.45. The Labute approximate surface area is 75.2 Å². The summed E-state index contributed by atoms with van der Waals surface area (Å²) in [6, 6.07) is 1.79. The number of nitrogens with two attached hydrogens (primary N) is 1. The first-order valence-corrected chi connectivity index (χ1v) is 3.92. The molecule has 2 heterocycles. The zero-order chi connectivity index (χ0) is 9.31. The predicted molar refractivity (Wildman–Crippen MR) is 49.3 cm³/mol. The molecule has 4 nitrogen and oxygen atoms in total. The highest BCUT2D eigenvalue weighted by Gasteiger charge is 2.36. The molecule has 0 bridgehead atoms. The SMILES string of the molecule is NC(=O)C1(c2cc[nH]c2)C=CC=N1. The van der Waals surface area contributed by atoms with Gasteiger partial charge in [0.2, 0.25) is 0 Å². The third-order valence-electron chi connectivity index (χ3n) is 2.12. The maximum Gasteiger partial charge on any atom is 0.254 e. The molecule has 0 saturated carbocycles. The molecule has 1 aromatic rings. The standard InChI is InChI=1S/C9H9N3O/c10-8(13)9(3-1-4-12-9)7-2-5-11-6-7/h1-6,11H,(H2,10,13). The molecular formula is C9H9N3O. The van der Waals surface area contributed by atoms with E-state index in [9.17, 15) is 4.79 Å². The van der Waals surface area contributed by atoms with Crippen LogP contribution < -0.4 is 5.73 Å². The number of aromatic nitrogens is 1. The van der Waals surface area contributed by atoms with Crippen molar-refractivity contribution in [1.82, 2.24) is 4.98 Å². The van der Waals surface area contributed by atoms with Crippen molar-refractivity contribution >= 4 is 12.1 Å². The Kier molecular flexibility index (Phi) is 1.55. The highest BCUT2D eigenvalue weighted by Crippen LogP contribution is 2.29. The molecule has 0 aliphatic carbocycles. The number of carbonyl (C=O) groups is 1. The average molecular weight is 175 g/mol. The number of rotatable bonds is 2. The topological polar surface area (TPSA) is 71.2 Å². The number of hydrogen-bond donors (Lipinski definition) is 2. The van der Waals surface area contributed by atoms with E-state index >= 15 is 0 Å². The van der Waals surface area contributed by atoms with Crippen molar-refractivity contribution in [1.29, 1.82) is 0 Å². The number of amides is 1. The first-order valence-electron chi connectivity index (χ1n) is 3.92. The Balaban J connectivity index is 2.53. The molecule has 0 spiro atoms. The molecule has 1 aliphatic rings. The van der Waals surface area contributed by atoms with Gasteiger partial charge in [-0.05, 0) is 18.2 Å². The number of allylic oxidation sites excluding steroid dienone is 1. The lowest BCUT2D eigenvalue weighted by molar-refractivity contribution is -0.121. The molecule has 0 radical (unpaired) electrons. The summed E-state index contributed by atoms with van der Waals surface area (Å²) in [5.41, 5.74) is 5.09. The van der Waals surface area contributed by atoms with E-state index in [0.717, 1.165) is 5.56 Å². The summed E-state index contributed by atoms with van der Waals surface area (Å²) < 4.78 is 0. The molecule has 3 N–H and O–H groups in total. The highest BCUT2D eigenvalue weighted by atomic mass is 16.1. The second-order valence-corrected chi connectivity index (χ2v) is 2.87. The van der Waals surface area contributed by atoms with Crippen molar-refractivity contribution in [3.05, 3.63) is 36.2 Å². The molecule has 0 fully saturated rings. The van der Waals surface area contributed by atoms with Crippen LogP contribution in [-0.4, -0.2) is 17.1 Å². The van der Waals surface area contributed by atoms with Crippen molar-refractivity contribution in [2.75, 3.05) is 0 Å². The van der Waals surface area contributed by atoms with E-state index in [0.29, 0.717) is 0 Å². The summed E-state index contributed by atoms with van der Waals surface area (Å²) in [6.45, 7) is 0. The van der Waals surface area contributed by atoms with E-state index in [1.54, 1.807) is 36.8 Å². The number of hydrogen-bond acceptors (Lipinski definition) is 2. The van der Waals surface area contributed by atoms with Crippen LogP contribution >= 0.6 is 0 Å². The minimum absolute atomic E-state index is 0.461. The van der Waals surface area contributed by atoms with Crippen LogP contribution in [0, 0.1) is 0 Å². The number of carbonyl (C=O) groups excluding carboxylic acids is 1. The van der Waals surface area contributed by atoms with Gasteiger partial charge in [0, 0.05) is 24.2 Å². The van der Waals surface area contributed by atoms with Gasteiger partial charge in [0.1, 0.15) is 0 Å². The number of aliphatic imine (C=N–C) groups is 1. The minimum atomic E-state index is -0.986. The molecule has 13 heavy (non-hydrogen) atoms. The fraction of sp³-hybridized carbons (Fsp3) is 0.111. The predicted octanol–water partition coefficient (Wildman–Crippen LogP) is 0.336. The summed E-state index contributed by atoms with van der Waals surface area (Å²) in [5.74, 6) is -0.461. The summed E-state index contributed by atoms with van der Waals surface area (Å²) in [4.78, 5) is 18.2. The van der Waals surface area contributed by atoms with Crippen LogP contribution in [0.1, 0.15) is 5.56 Å². The van der Waals surface area contributed by atoms with Crippen molar-refractivity contribution < 1.29 is 4.79 Å². The van der Waals surface area contributed by atoms with E-state index in [4.69, 9.17) is 5.73 Å². The fourth-order valence-corrected chi connectivity index (χ4v) is 1.41. The molecule has 66 valence electrons. The van der Waals surface area contributed by atoms with Gasteiger partial charge in [-0.2, -0.15) is 0 Å². The van der Waals surface area contributed by atoms with Crippen LogP contribution in [0.4, 0.5) is 0 Å². The summed E-state index contributed by atoms with van der Waals surface area (Å²) in [5, 5.41) is 0. The fourth-order valence-electron chi connectivity index (χ4n) is 1.41. The third kappa shape index (κ3) is 0.989. The van der Waals surface area contributed by atoms with Crippen LogP contribution in [0.5, 0.6) is 0 Å². The van der Waals surface area contributed by atoms with E-state index < -0.39 is 11.4 Å². The number of primary amides is 1. The van der Waals surface area contributed by atoms with Crippen molar-refractivity contribution in [3.63, 3.8) is 0 Å². The van der Waals surface area contributed by atoms with Crippen molar-refractivity contribution in [2.45, 2.75) is 5.54 Å². The lowest BCUT2D eigenvalue weighted by atomic mass is 9.93. The first-order chi connectivity index (χ1) is 6.26.